The van der Waals surface area contributed by atoms with Gasteiger partial charge in [-0.1, -0.05) is 62.4 Å². The van der Waals surface area contributed by atoms with Gasteiger partial charge in [0.05, 0.1) is 17.2 Å². The number of fused-ring (bicyclic) bond motifs is 1. The molecule has 0 saturated carbocycles. The van der Waals surface area contributed by atoms with Crippen LogP contribution >= 0.6 is 12.2 Å². The van der Waals surface area contributed by atoms with Crippen molar-refractivity contribution in [2.45, 2.75) is 39.4 Å². The lowest BCUT2D eigenvalue weighted by atomic mass is 10.0. The third-order valence-electron chi connectivity index (χ3n) is 5.34. The minimum atomic E-state index is -0.764. The van der Waals surface area contributed by atoms with E-state index in [0.717, 1.165) is 16.5 Å². The summed E-state index contributed by atoms with van der Waals surface area (Å²) in [7, 11) is 0. The highest BCUT2D eigenvalue weighted by Gasteiger charge is 2.30. The summed E-state index contributed by atoms with van der Waals surface area (Å²) in [4.78, 5) is 31.7. The number of carbonyl (C=O) groups is 2. The molecule has 2 atom stereocenters. The number of hydrogen-bond acceptors (Lipinski definition) is 5. The van der Waals surface area contributed by atoms with E-state index in [0.29, 0.717) is 12.1 Å². The predicted molar refractivity (Wildman–Crippen MR) is 145 cm³/mol. The van der Waals surface area contributed by atoms with Crippen LogP contribution in [0.3, 0.4) is 0 Å². The second-order valence-corrected chi connectivity index (χ2v) is 9.07. The molecule has 2 aromatic carbocycles. The van der Waals surface area contributed by atoms with Crippen LogP contribution in [0.15, 0.2) is 72.9 Å². The lowest BCUT2D eigenvalue weighted by Crippen LogP contribution is -2.57. The first-order valence-corrected chi connectivity index (χ1v) is 11.9. The van der Waals surface area contributed by atoms with Crippen molar-refractivity contribution in [3.63, 3.8) is 0 Å². The van der Waals surface area contributed by atoms with Crippen molar-refractivity contribution in [3.8, 4) is 0 Å². The second kappa shape index (κ2) is 12.2. The summed E-state index contributed by atoms with van der Waals surface area (Å²) in [6.45, 7) is 5.69. The number of benzene rings is 2. The van der Waals surface area contributed by atoms with E-state index in [1.165, 1.54) is 11.0 Å². The maximum Gasteiger partial charge on any atom is 0.247 e. The molecule has 0 radical (unpaired) electrons. The monoisotopic (exact) mass is 489 g/mol. The Balaban J connectivity index is 1.82. The lowest BCUT2D eigenvalue weighted by Gasteiger charge is -2.32. The number of carbonyl (C=O) groups excluding carboxylic acids is 2. The first-order chi connectivity index (χ1) is 16.8. The van der Waals surface area contributed by atoms with Crippen LogP contribution in [-0.2, 0) is 9.59 Å². The van der Waals surface area contributed by atoms with E-state index in [4.69, 9.17) is 18.0 Å². The summed E-state index contributed by atoms with van der Waals surface area (Å²) >= 11 is 5.64. The molecule has 4 N–H and O–H groups in total. The van der Waals surface area contributed by atoms with Gasteiger partial charge in [0.2, 0.25) is 11.8 Å². The van der Waals surface area contributed by atoms with Crippen LogP contribution in [0.5, 0.6) is 0 Å². The van der Waals surface area contributed by atoms with Gasteiger partial charge in [-0.2, -0.15) is 0 Å². The minimum absolute atomic E-state index is 0.132. The number of para-hydroxylation sites is 1. The van der Waals surface area contributed by atoms with E-state index in [1.54, 1.807) is 19.2 Å². The van der Waals surface area contributed by atoms with Crippen molar-refractivity contribution < 1.29 is 9.59 Å². The van der Waals surface area contributed by atoms with Gasteiger partial charge in [-0.3, -0.25) is 19.5 Å². The fourth-order valence-corrected chi connectivity index (χ4v) is 4.05. The Hall–Kier alpha value is -3.62. The van der Waals surface area contributed by atoms with Crippen LogP contribution in [0.2, 0.25) is 0 Å². The van der Waals surface area contributed by atoms with Gasteiger partial charge in [0.25, 0.3) is 0 Å². The molecule has 1 aromatic heterocycles. The fourth-order valence-electron chi connectivity index (χ4n) is 3.69. The van der Waals surface area contributed by atoms with Gasteiger partial charge in [-0.05, 0) is 55.3 Å². The summed E-state index contributed by atoms with van der Waals surface area (Å²) in [5.74, 6) is -0.506. The molecule has 0 saturated heterocycles. The molecule has 0 spiro atoms. The third kappa shape index (κ3) is 7.18. The summed E-state index contributed by atoms with van der Waals surface area (Å²) < 4.78 is 0. The van der Waals surface area contributed by atoms with E-state index in [-0.39, 0.29) is 22.8 Å². The van der Waals surface area contributed by atoms with Crippen LogP contribution in [0.4, 0.5) is 5.69 Å². The van der Waals surface area contributed by atoms with Crippen molar-refractivity contribution in [2.24, 2.45) is 11.7 Å². The maximum absolute atomic E-state index is 13.4. The van der Waals surface area contributed by atoms with E-state index < -0.39 is 12.2 Å². The number of nitrogens with zero attached hydrogens (tertiary/aromatic N) is 2. The normalized spacial score (nSPS) is 12.9. The van der Waals surface area contributed by atoms with Gasteiger partial charge < -0.3 is 16.4 Å². The van der Waals surface area contributed by atoms with Gasteiger partial charge in [-0.15, -0.1) is 0 Å². The molecular formula is C27H31N5O2S. The Morgan fingerprint density at radius 2 is 1.77 bits per heavy atom. The number of nitrogens with two attached hydrogens (primary N) is 1. The first kappa shape index (κ1) is 26.0. The van der Waals surface area contributed by atoms with Gasteiger partial charge in [0.1, 0.15) is 6.17 Å². The standard InChI is InChI=1S/C27H31N5O2S/c1-18(2)17-22(28)26(34)32(19(3)30-24(33)15-14-20-9-5-4-6-10-20)27(35)31-23-13-7-11-21-12-8-16-29-25(21)23/h4-16,18-19,22H,17,28H2,1-3H3,(H,30,33)(H,31,35)/b15-14+/t19?,22-/m0/s1. The van der Waals surface area contributed by atoms with Crippen LogP contribution in [0.25, 0.3) is 17.0 Å². The van der Waals surface area contributed by atoms with Crippen molar-refractivity contribution in [1.82, 2.24) is 15.2 Å². The van der Waals surface area contributed by atoms with Crippen LogP contribution in [0, 0.1) is 5.92 Å². The quantitative estimate of drug-likeness (QED) is 0.248. The molecule has 3 rings (SSSR count). The molecule has 3 aromatic rings. The van der Waals surface area contributed by atoms with Crippen molar-refractivity contribution in [1.29, 1.82) is 0 Å². The number of pyridine rings is 1. The number of amides is 2. The van der Waals surface area contributed by atoms with Gasteiger partial charge in [0, 0.05) is 17.7 Å². The van der Waals surface area contributed by atoms with Crippen LogP contribution < -0.4 is 16.4 Å². The third-order valence-corrected chi connectivity index (χ3v) is 5.64. The molecular weight excluding hydrogens is 458 g/mol. The highest BCUT2D eigenvalue weighted by Crippen LogP contribution is 2.21. The molecule has 0 aliphatic carbocycles. The molecule has 0 fully saturated rings. The number of thiocarbonyl (C=S) groups is 1. The fraction of sp³-hybridized carbons (Fsp3) is 0.259. The van der Waals surface area contributed by atoms with Crippen molar-refractivity contribution in [2.75, 3.05) is 5.32 Å². The van der Waals surface area contributed by atoms with Crippen LogP contribution in [0.1, 0.15) is 32.8 Å². The molecule has 0 aliphatic rings. The predicted octanol–water partition coefficient (Wildman–Crippen LogP) is 4.31. The molecule has 1 unspecified atom stereocenters. The van der Waals surface area contributed by atoms with E-state index in [1.807, 2.05) is 74.5 Å². The van der Waals surface area contributed by atoms with Gasteiger partial charge in [-0.25, -0.2) is 0 Å². The topological polar surface area (TPSA) is 100 Å². The average Bonchev–Trinajstić information content (AvgIpc) is 2.83. The Kier molecular flexibility index (Phi) is 9.05. The zero-order valence-electron chi connectivity index (χ0n) is 20.1. The van der Waals surface area contributed by atoms with Crippen molar-refractivity contribution >= 4 is 51.8 Å². The van der Waals surface area contributed by atoms with Gasteiger partial charge in [0.15, 0.2) is 5.11 Å². The summed E-state index contributed by atoms with van der Waals surface area (Å²) in [6, 6.07) is 18.2. The summed E-state index contributed by atoms with van der Waals surface area (Å²) in [5.41, 5.74) is 8.50. The molecule has 2 amide bonds. The Labute approximate surface area is 211 Å². The number of aromatic nitrogens is 1. The molecule has 0 aliphatic heterocycles. The van der Waals surface area contributed by atoms with Gasteiger partial charge >= 0.3 is 0 Å². The highest BCUT2D eigenvalue weighted by molar-refractivity contribution is 7.80. The summed E-state index contributed by atoms with van der Waals surface area (Å²) in [6.07, 6.45) is 4.57. The Morgan fingerprint density at radius 3 is 2.49 bits per heavy atom. The van der Waals surface area contributed by atoms with E-state index in [2.05, 4.69) is 15.6 Å². The summed E-state index contributed by atoms with van der Waals surface area (Å²) in [5, 5.41) is 7.02. The lowest BCUT2D eigenvalue weighted by molar-refractivity contribution is -0.131. The number of anilines is 1. The molecule has 35 heavy (non-hydrogen) atoms. The Bertz CT molecular complexity index is 1210. The molecule has 1 heterocycles. The van der Waals surface area contributed by atoms with E-state index >= 15 is 0 Å². The highest BCUT2D eigenvalue weighted by atomic mass is 32.1. The SMILES string of the molecule is CC(C)C[C@H](N)C(=O)N(C(=S)Nc1cccc2cccnc12)C(C)NC(=O)/C=C/c1ccccc1. The molecule has 7 nitrogen and oxygen atoms in total. The van der Waals surface area contributed by atoms with Crippen molar-refractivity contribution in [3.05, 3.63) is 78.5 Å². The minimum Gasteiger partial charge on any atom is -0.332 e. The number of rotatable bonds is 8. The molecule has 182 valence electrons. The average molecular weight is 490 g/mol. The second-order valence-electron chi connectivity index (χ2n) is 8.68. The maximum atomic E-state index is 13.4. The molecule has 8 heteroatoms. The zero-order valence-corrected chi connectivity index (χ0v) is 21.0. The first-order valence-electron chi connectivity index (χ1n) is 11.5. The molecule has 0 bridgehead atoms. The smallest absolute Gasteiger partial charge is 0.247 e. The number of hydrogen-bond donors (Lipinski definition) is 3. The zero-order chi connectivity index (χ0) is 25.4. The van der Waals surface area contributed by atoms with Crippen LogP contribution in [-0.4, -0.2) is 39.0 Å². The number of nitrogens with one attached hydrogen (secondary N) is 2. The largest absolute Gasteiger partial charge is 0.332 e. The Morgan fingerprint density at radius 1 is 1.06 bits per heavy atom. The van der Waals surface area contributed by atoms with E-state index in [9.17, 15) is 9.59 Å².